The molecule has 32 heavy (non-hydrogen) atoms. The van der Waals surface area contributed by atoms with Gasteiger partial charge in [0.1, 0.15) is 12.4 Å². The number of nitrogens with zero attached hydrogens (tertiary/aromatic N) is 3. The number of non-ortho nitro benzene ring substituents is 1. The second kappa shape index (κ2) is 8.31. The maximum atomic E-state index is 13.4. The number of nitro benzene ring substituents is 1. The highest BCUT2D eigenvalue weighted by Gasteiger charge is 2.37. The number of hydrogen-bond acceptors (Lipinski definition) is 6. The van der Waals surface area contributed by atoms with E-state index in [4.69, 9.17) is 4.74 Å². The van der Waals surface area contributed by atoms with Gasteiger partial charge in [-0.05, 0) is 36.4 Å². The average Bonchev–Trinajstić information content (AvgIpc) is 3.07. The summed E-state index contributed by atoms with van der Waals surface area (Å²) in [6.45, 7) is -0.359. The molecule has 0 bridgehead atoms. The van der Waals surface area contributed by atoms with E-state index in [-0.39, 0.29) is 29.0 Å². The summed E-state index contributed by atoms with van der Waals surface area (Å²) in [5, 5.41) is 10.9. The topological polar surface area (TPSA) is 110 Å². The summed E-state index contributed by atoms with van der Waals surface area (Å²) in [6, 6.07) is 18.2. The van der Waals surface area contributed by atoms with Gasteiger partial charge in [0.15, 0.2) is 0 Å². The number of ether oxygens (including phenoxy) is 1. The van der Waals surface area contributed by atoms with Crippen molar-refractivity contribution in [3.8, 4) is 5.75 Å². The van der Waals surface area contributed by atoms with E-state index in [1.165, 1.54) is 36.3 Å². The fourth-order valence-electron chi connectivity index (χ4n) is 3.49. The molecule has 3 amide bonds. The Labute approximate surface area is 182 Å². The van der Waals surface area contributed by atoms with Crippen LogP contribution in [0.3, 0.4) is 0 Å². The smallest absolute Gasteiger partial charge is 0.269 e. The van der Waals surface area contributed by atoms with Crippen LogP contribution in [0.5, 0.6) is 5.75 Å². The van der Waals surface area contributed by atoms with Crippen molar-refractivity contribution >= 4 is 29.1 Å². The molecular formula is C23H17N3O6. The van der Waals surface area contributed by atoms with Crippen LogP contribution in [0.2, 0.25) is 0 Å². The Balaban J connectivity index is 1.74. The summed E-state index contributed by atoms with van der Waals surface area (Å²) in [7, 11) is 1.44. The molecule has 0 aliphatic carbocycles. The Morgan fingerprint density at radius 3 is 2.06 bits per heavy atom. The SMILES string of the molecule is COc1ccccc1N(CN1C(=O)c2ccccc2C1=O)C(=O)c1ccc([N+](=O)[O-])cc1. The quantitative estimate of drug-likeness (QED) is 0.336. The summed E-state index contributed by atoms with van der Waals surface area (Å²) in [6.07, 6.45) is 0. The first-order valence-corrected chi connectivity index (χ1v) is 9.57. The molecule has 160 valence electrons. The lowest BCUT2D eigenvalue weighted by molar-refractivity contribution is -0.384. The number of fused-ring (bicyclic) bond motifs is 1. The number of amides is 3. The van der Waals surface area contributed by atoms with Crippen molar-refractivity contribution in [1.29, 1.82) is 0 Å². The zero-order valence-corrected chi connectivity index (χ0v) is 16.9. The van der Waals surface area contributed by atoms with Crippen LogP contribution >= 0.6 is 0 Å². The van der Waals surface area contributed by atoms with Gasteiger partial charge in [0.25, 0.3) is 23.4 Å². The van der Waals surface area contributed by atoms with E-state index in [1.807, 2.05) is 0 Å². The van der Waals surface area contributed by atoms with Gasteiger partial charge in [-0.15, -0.1) is 0 Å². The molecule has 0 atom stereocenters. The van der Waals surface area contributed by atoms with Gasteiger partial charge in [0, 0.05) is 17.7 Å². The Morgan fingerprint density at radius 1 is 0.938 bits per heavy atom. The van der Waals surface area contributed by atoms with Gasteiger partial charge in [-0.25, -0.2) is 0 Å². The number of methoxy groups -OCH3 is 1. The zero-order chi connectivity index (χ0) is 22.8. The molecule has 1 heterocycles. The van der Waals surface area contributed by atoms with E-state index in [2.05, 4.69) is 0 Å². The lowest BCUT2D eigenvalue weighted by atomic mass is 10.1. The van der Waals surface area contributed by atoms with E-state index in [0.29, 0.717) is 11.4 Å². The third-order valence-corrected chi connectivity index (χ3v) is 5.11. The monoisotopic (exact) mass is 431 g/mol. The van der Waals surface area contributed by atoms with Crippen LogP contribution in [0.1, 0.15) is 31.1 Å². The van der Waals surface area contributed by atoms with E-state index in [1.54, 1.807) is 48.5 Å². The van der Waals surface area contributed by atoms with Gasteiger partial charge in [-0.3, -0.25) is 34.3 Å². The van der Waals surface area contributed by atoms with Crippen LogP contribution < -0.4 is 9.64 Å². The molecule has 0 spiro atoms. The lowest BCUT2D eigenvalue weighted by Crippen LogP contribution is -2.44. The van der Waals surface area contributed by atoms with Crippen molar-refractivity contribution in [1.82, 2.24) is 4.90 Å². The molecule has 9 heteroatoms. The van der Waals surface area contributed by atoms with E-state index in [0.717, 1.165) is 4.90 Å². The van der Waals surface area contributed by atoms with Crippen LogP contribution in [-0.4, -0.2) is 41.3 Å². The van der Waals surface area contributed by atoms with E-state index >= 15 is 0 Å². The second-order valence-electron chi connectivity index (χ2n) is 6.93. The highest BCUT2D eigenvalue weighted by Crippen LogP contribution is 2.31. The third kappa shape index (κ3) is 3.56. The summed E-state index contributed by atoms with van der Waals surface area (Å²) in [5.41, 5.74) is 0.860. The maximum absolute atomic E-state index is 13.4. The highest BCUT2D eigenvalue weighted by molar-refractivity contribution is 6.22. The van der Waals surface area contributed by atoms with Crippen molar-refractivity contribution in [2.75, 3.05) is 18.7 Å². The molecule has 0 unspecified atom stereocenters. The molecule has 1 aliphatic heterocycles. The fourth-order valence-corrected chi connectivity index (χ4v) is 3.49. The largest absolute Gasteiger partial charge is 0.495 e. The predicted octanol–water partition coefficient (Wildman–Crippen LogP) is 3.50. The molecule has 9 nitrogen and oxygen atoms in total. The highest BCUT2D eigenvalue weighted by atomic mass is 16.6. The fraction of sp³-hybridized carbons (Fsp3) is 0.0870. The normalized spacial score (nSPS) is 12.5. The van der Waals surface area contributed by atoms with Crippen molar-refractivity contribution < 1.29 is 24.0 Å². The minimum Gasteiger partial charge on any atom is -0.495 e. The molecule has 3 aromatic rings. The van der Waals surface area contributed by atoms with Crippen molar-refractivity contribution in [2.45, 2.75) is 0 Å². The summed E-state index contributed by atoms with van der Waals surface area (Å²) < 4.78 is 5.37. The van der Waals surface area contributed by atoms with Gasteiger partial charge in [-0.2, -0.15) is 0 Å². The Morgan fingerprint density at radius 2 is 1.50 bits per heavy atom. The Bertz CT molecular complexity index is 1200. The van der Waals surface area contributed by atoms with Crippen LogP contribution in [-0.2, 0) is 0 Å². The van der Waals surface area contributed by atoms with Crippen LogP contribution in [0.15, 0.2) is 72.8 Å². The molecule has 0 saturated carbocycles. The van der Waals surface area contributed by atoms with Crippen LogP contribution in [0, 0.1) is 10.1 Å². The lowest BCUT2D eigenvalue weighted by Gasteiger charge is -2.28. The van der Waals surface area contributed by atoms with E-state index < -0.39 is 22.6 Å². The zero-order valence-electron chi connectivity index (χ0n) is 16.9. The second-order valence-corrected chi connectivity index (χ2v) is 6.93. The van der Waals surface area contributed by atoms with Crippen molar-refractivity contribution in [3.05, 3.63) is 99.6 Å². The van der Waals surface area contributed by atoms with Crippen molar-refractivity contribution in [3.63, 3.8) is 0 Å². The third-order valence-electron chi connectivity index (χ3n) is 5.11. The average molecular weight is 431 g/mol. The van der Waals surface area contributed by atoms with Gasteiger partial charge in [0.05, 0.1) is 28.8 Å². The van der Waals surface area contributed by atoms with Crippen LogP contribution in [0.25, 0.3) is 0 Å². The molecule has 0 aromatic heterocycles. The predicted molar refractivity (Wildman–Crippen MR) is 115 cm³/mol. The molecule has 0 radical (unpaired) electrons. The molecule has 4 rings (SSSR count). The summed E-state index contributed by atoms with van der Waals surface area (Å²) in [4.78, 5) is 51.8. The van der Waals surface area contributed by atoms with Gasteiger partial charge < -0.3 is 4.74 Å². The number of anilines is 1. The van der Waals surface area contributed by atoms with Gasteiger partial charge in [-0.1, -0.05) is 24.3 Å². The number of imide groups is 1. The molecule has 0 fully saturated rings. The number of para-hydroxylation sites is 2. The standard InChI is InChI=1S/C23H17N3O6/c1-32-20-9-5-4-8-19(20)24(21(27)15-10-12-16(13-11-15)26(30)31)14-25-22(28)17-6-2-3-7-18(17)23(25)29/h2-13H,14H2,1H3. The van der Waals surface area contributed by atoms with Gasteiger partial charge >= 0.3 is 0 Å². The number of nitro groups is 1. The first-order valence-electron chi connectivity index (χ1n) is 9.57. The van der Waals surface area contributed by atoms with Crippen molar-refractivity contribution in [2.24, 2.45) is 0 Å². The van der Waals surface area contributed by atoms with Gasteiger partial charge in [0.2, 0.25) is 0 Å². The molecule has 0 N–H and O–H groups in total. The molecule has 0 saturated heterocycles. The van der Waals surface area contributed by atoms with Crippen LogP contribution in [0.4, 0.5) is 11.4 Å². The first-order chi connectivity index (χ1) is 15.4. The molecule has 3 aromatic carbocycles. The number of carbonyl (C=O) groups excluding carboxylic acids is 3. The first kappa shape index (κ1) is 20.7. The minimum atomic E-state index is -0.564. The maximum Gasteiger partial charge on any atom is 0.269 e. The number of rotatable bonds is 6. The minimum absolute atomic E-state index is 0.151. The summed E-state index contributed by atoms with van der Waals surface area (Å²) >= 11 is 0. The number of hydrogen-bond donors (Lipinski definition) is 0. The van der Waals surface area contributed by atoms with E-state index in [9.17, 15) is 24.5 Å². The Hall–Kier alpha value is -4.53. The molecular weight excluding hydrogens is 414 g/mol. The Kier molecular flexibility index (Phi) is 5.38. The molecule has 1 aliphatic rings. The number of carbonyl (C=O) groups is 3. The summed E-state index contributed by atoms with van der Waals surface area (Å²) in [5.74, 6) is -1.22. The number of benzene rings is 3.